The SMILES string of the molecule is CCCN(CC)c1ccc(C(=O)N2CCCc3c(N)cccc32)cn1. The Morgan fingerprint density at radius 1 is 1.28 bits per heavy atom. The summed E-state index contributed by atoms with van der Waals surface area (Å²) in [4.78, 5) is 21.5. The summed E-state index contributed by atoms with van der Waals surface area (Å²) in [6.45, 7) is 6.86. The molecule has 1 amide bonds. The van der Waals surface area contributed by atoms with Crippen LogP contribution < -0.4 is 15.5 Å². The maximum Gasteiger partial charge on any atom is 0.259 e. The van der Waals surface area contributed by atoms with E-state index in [4.69, 9.17) is 5.73 Å². The first-order valence-corrected chi connectivity index (χ1v) is 9.06. The minimum absolute atomic E-state index is 0.0101. The highest BCUT2D eigenvalue weighted by molar-refractivity contribution is 6.07. The van der Waals surface area contributed by atoms with Crippen LogP contribution in [-0.2, 0) is 6.42 Å². The monoisotopic (exact) mass is 338 g/mol. The summed E-state index contributed by atoms with van der Waals surface area (Å²) in [5, 5.41) is 0. The van der Waals surface area contributed by atoms with Gasteiger partial charge in [-0.2, -0.15) is 0 Å². The van der Waals surface area contributed by atoms with Crippen molar-refractivity contribution in [3.8, 4) is 0 Å². The van der Waals surface area contributed by atoms with Gasteiger partial charge in [-0.25, -0.2) is 4.98 Å². The molecule has 5 heteroatoms. The first-order chi connectivity index (χ1) is 12.2. The summed E-state index contributed by atoms with van der Waals surface area (Å²) in [5.74, 6) is 0.910. The molecule has 25 heavy (non-hydrogen) atoms. The summed E-state index contributed by atoms with van der Waals surface area (Å²) in [6.07, 6.45) is 4.61. The summed E-state index contributed by atoms with van der Waals surface area (Å²) in [6, 6.07) is 9.60. The molecule has 2 heterocycles. The van der Waals surface area contributed by atoms with Crippen LogP contribution in [0.3, 0.4) is 0 Å². The normalized spacial score (nSPS) is 13.4. The van der Waals surface area contributed by atoms with E-state index in [0.717, 1.165) is 55.1 Å². The topological polar surface area (TPSA) is 62.5 Å². The molecular formula is C20H26N4O. The Labute approximate surface area is 149 Å². The van der Waals surface area contributed by atoms with E-state index in [2.05, 4.69) is 23.7 Å². The van der Waals surface area contributed by atoms with Crippen LogP contribution in [0.5, 0.6) is 0 Å². The van der Waals surface area contributed by atoms with E-state index in [9.17, 15) is 4.79 Å². The van der Waals surface area contributed by atoms with Gasteiger partial charge in [0.05, 0.1) is 5.56 Å². The molecule has 1 aromatic carbocycles. The van der Waals surface area contributed by atoms with Gasteiger partial charge in [-0.1, -0.05) is 13.0 Å². The molecule has 0 spiro atoms. The number of carbonyl (C=O) groups is 1. The van der Waals surface area contributed by atoms with Gasteiger partial charge in [0, 0.05) is 37.2 Å². The van der Waals surface area contributed by atoms with Crippen molar-refractivity contribution in [3.63, 3.8) is 0 Å². The molecule has 0 bridgehead atoms. The fourth-order valence-electron chi connectivity index (χ4n) is 3.42. The molecule has 2 N–H and O–H groups in total. The van der Waals surface area contributed by atoms with Crippen molar-refractivity contribution in [3.05, 3.63) is 47.7 Å². The van der Waals surface area contributed by atoms with Crippen molar-refractivity contribution in [1.82, 2.24) is 4.98 Å². The fourth-order valence-corrected chi connectivity index (χ4v) is 3.42. The van der Waals surface area contributed by atoms with Gasteiger partial charge in [0.1, 0.15) is 5.82 Å². The van der Waals surface area contributed by atoms with Gasteiger partial charge >= 0.3 is 0 Å². The smallest absolute Gasteiger partial charge is 0.259 e. The highest BCUT2D eigenvalue weighted by Gasteiger charge is 2.25. The van der Waals surface area contributed by atoms with Crippen molar-refractivity contribution in [1.29, 1.82) is 0 Å². The number of nitrogens with two attached hydrogens (primary N) is 1. The molecule has 1 aliphatic rings. The summed E-state index contributed by atoms with van der Waals surface area (Å²) in [7, 11) is 0. The Balaban J connectivity index is 1.84. The molecule has 0 saturated carbocycles. The quantitative estimate of drug-likeness (QED) is 0.848. The molecule has 0 radical (unpaired) electrons. The molecule has 0 unspecified atom stereocenters. The Kier molecular flexibility index (Phi) is 5.22. The molecule has 5 nitrogen and oxygen atoms in total. The van der Waals surface area contributed by atoms with E-state index in [1.807, 2.05) is 35.2 Å². The Morgan fingerprint density at radius 3 is 2.80 bits per heavy atom. The van der Waals surface area contributed by atoms with Crippen LogP contribution in [0.15, 0.2) is 36.5 Å². The molecule has 2 aromatic rings. The predicted octanol–water partition coefficient (Wildman–Crippen LogP) is 3.49. The third kappa shape index (κ3) is 3.45. The third-order valence-electron chi connectivity index (χ3n) is 4.73. The minimum Gasteiger partial charge on any atom is -0.398 e. The van der Waals surface area contributed by atoms with Crippen LogP contribution in [0, 0.1) is 0 Å². The van der Waals surface area contributed by atoms with Crippen molar-refractivity contribution in [2.75, 3.05) is 35.2 Å². The molecule has 132 valence electrons. The number of fused-ring (bicyclic) bond motifs is 1. The zero-order chi connectivity index (χ0) is 17.8. The number of nitrogens with zero attached hydrogens (tertiary/aromatic N) is 3. The first kappa shape index (κ1) is 17.3. The van der Waals surface area contributed by atoms with Crippen LogP contribution in [0.2, 0.25) is 0 Å². The highest BCUT2D eigenvalue weighted by Crippen LogP contribution is 2.32. The number of pyridine rings is 1. The molecule has 1 aromatic heterocycles. The number of benzene rings is 1. The molecule has 0 saturated heterocycles. The Bertz CT molecular complexity index is 742. The van der Waals surface area contributed by atoms with Crippen LogP contribution in [-0.4, -0.2) is 30.5 Å². The lowest BCUT2D eigenvalue weighted by Crippen LogP contribution is -2.36. The van der Waals surface area contributed by atoms with Crippen LogP contribution in [0.25, 0.3) is 0 Å². The van der Waals surface area contributed by atoms with Gasteiger partial charge in [-0.05, 0) is 56.0 Å². The average molecular weight is 338 g/mol. The first-order valence-electron chi connectivity index (χ1n) is 9.06. The van der Waals surface area contributed by atoms with Gasteiger partial charge in [0.25, 0.3) is 5.91 Å². The zero-order valence-electron chi connectivity index (χ0n) is 15.0. The Hall–Kier alpha value is -2.56. The van der Waals surface area contributed by atoms with E-state index in [-0.39, 0.29) is 5.91 Å². The molecule has 0 aliphatic carbocycles. The minimum atomic E-state index is -0.0101. The van der Waals surface area contributed by atoms with Gasteiger partial charge in [-0.3, -0.25) is 4.79 Å². The van der Waals surface area contributed by atoms with Crippen LogP contribution >= 0.6 is 0 Å². The van der Waals surface area contributed by atoms with E-state index in [0.29, 0.717) is 12.1 Å². The van der Waals surface area contributed by atoms with Crippen LogP contribution in [0.4, 0.5) is 17.2 Å². The van der Waals surface area contributed by atoms with Crippen molar-refractivity contribution in [2.24, 2.45) is 0 Å². The van der Waals surface area contributed by atoms with Gasteiger partial charge in [-0.15, -0.1) is 0 Å². The summed E-state index contributed by atoms with van der Waals surface area (Å²) >= 11 is 0. The third-order valence-corrected chi connectivity index (χ3v) is 4.73. The molecular weight excluding hydrogens is 312 g/mol. The zero-order valence-corrected chi connectivity index (χ0v) is 15.0. The van der Waals surface area contributed by atoms with E-state index in [1.165, 1.54) is 0 Å². The predicted molar refractivity (Wildman–Crippen MR) is 103 cm³/mol. The molecule has 0 atom stereocenters. The molecule has 0 fully saturated rings. The number of nitrogen functional groups attached to an aromatic ring is 1. The van der Waals surface area contributed by atoms with E-state index in [1.54, 1.807) is 6.20 Å². The second-order valence-electron chi connectivity index (χ2n) is 6.39. The van der Waals surface area contributed by atoms with Crippen molar-refractivity contribution < 1.29 is 4.79 Å². The number of aromatic nitrogens is 1. The van der Waals surface area contributed by atoms with E-state index < -0.39 is 0 Å². The number of amides is 1. The lowest BCUT2D eigenvalue weighted by molar-refractivity contribution is 0.0985. The Morgan fingerprint density at radius 2 is 2.12 bits per heavy atom. The largest absolute Gasteiger partial charge is 0.398 e. The second kappa shape index (κ2) is 7.55. The van der Waals surface area contributed by atoms with Crippen LogP contribution in [0.1, 0.15) is 42.6 Å². The van der Waals surface area contributed by atoms with Crippen molar-refractivity contribution in [2.45, 2.75) is 33.1 Å². The van der Waals surface area contributed by atoms with Gasteiger partial charge in [0.2, 0.25) is 0 Å². The number of hydrogen-bond donors (Lipinski definition) is 1. The maximum absolute atomic E-state index is 13.0. The lowest BCUT2D eigenvalue weighted by Gasteiger charge is -2.30. The van der Waals surface area contributed by atoms with E-state index >= 15 is 0 Å². The second-order valence-corrected chi connectivity index (χ2v) is 6.39. The van der Waals surface area contributed by atoms with Gasteiger partial charge in [0.15, 0.2) is 0 Å². The number of rotatable bonds is 5. The van der Waals surface area contributed by atoms with Gasteiger partial charge < -0.3 is 15.5 Å². The number of hydrogen-bond acceptors (Lipinski definition) is 4. The lowest BCUT2D eigenvalue weighted by atomic mass is 9.99. The fraction of sp³-hybridized carbons (Fsp3) is 0.400. The summed E-state index contributed by atoms with van der Waals surface area (Å²) in [5.41, 5.74) is 9.47. The number of anilines is 3. The summed E-state index contributed by atoms with van der Waals surface area (Å²) < 4.78 is 0. The maximum atomic E-state index is 13.0. The average Bonchev–Trinajstić information content (AvgIpc) is 2.66. The van der Waals surface area contributed by atoms with Crippen molar-refractivity contribution >= 4 is 23.1 Å². The highest BCUT2D eigenvalue weighted by atomic mass is 16.2. The number of carbonyl (C=O) groups excluding carboxylic acids is 1. The molecule has 3 rings (SSSR count). The standard InChI is InChI=1S/C20H26N4O/c1-3-12-23(4-2)19-11-10-15(14-22-19)20(25)24-13-6-7-16-17(21)8-5-9-18(16)24/h5,8-11,14H,3-4,6-7,12-13,21H2,1-2H3. The molecule has 1 aliphatic heterocycles.